The van der Waals surface area contributed by atoms with Gasteiger partial charge in [-0.3, -0.25) is 0 Å². The van der Waals surface area contributed by atoms with Crippen molar-refractivity contribution in [3.63, 3.8) is 0 Å². The maximum atomic E-state index is 12.5. The number of carbonyl (C=O) groups excluding carboxylic acids is 1. The molecule has 0 N–H and O–H groups in total. The lowest BCUT2D eigenvalue weighted by Crippen LogP contribution is -2.33. The maximum absolute atomic E-state index is 12.5. The molecule has 130 valence electrons. The summed E-state index contributed by atoms with van der Waals surface area (Å²) < 4.78 is 11.6. The standard InChI is InChI=1S/C20H25ClO3/c1-12-11-19(17-7-5-4-6-16(12)17)24-20(22)14(3)23-18-9-8-15(21)10-13(18)2/h8-10,14,16-17,19H,1,4-7,11H2,2-3H3/t14-,16+,17+,19+/m1/s1. The number of carbonyl (C=O) groups is 1. The van der Waals surface area contributed by atoms with Crippen LogP contribution in [0.5, 0.6) is 5.75 Å². The number of halogens is 1. The van der Waals surface area contributed by atoms with Gasteiger partial charge in [0.2, 0.25) is 0 Å². The van der Waals surface area contributed by atoms with Crippen molar-refractivity contribution in [1.82, 2.24) is 0 Å². The number of aryl methyl sites for hydroxylation is 1. The minimum Gasteiger partial charge on any atom is -0.479 e. The maximum Gasteiger partial charge on any atom is 0.347 e. The molecule has 0 heterocycles. The van der Waals surface area contributed by atoms with Crippen LogP contribution in [0.2, 0.25) is 5.02 Å². The van der Waals surface area contributed by atoms with Crippen LogP contribution in [-0.2, 0) is 9.53 Å². The predicted octanol–water partition coefficient (Wildman–Crippen LogP) is 5.09. The Morgan fingerprint density at radius 2 is 2.08 bits per heavy atom. The Kier molecular flexibility index (Phi) is 5.19. The highest BCUT2D eigenvalue weighted by Crippen LogP contribution is 2.46. The Labute approximate surface area is 149 Å². The molecule has 3 rings (SSSR count). The molecule has 0 amide bonds. The minimum absolute atomic E-state index is 0.0346. The quantitative estimate of drug-likeness (QED) is 0.561. The molecule has 2 aliphatic rings. The highest BCUT2D eigenvalue weighted by molar-refractivity contribution is 6.30. The van der Waals surface area contributed by atoms with E-state index in [0.717, 1.165) is 18.4 Å². The third kappa shape index (κ3) is 3.61. The predicted molar refractivity (Wildman–Crippen MR) is 95.4 cm³/mol. The molecule has 0 saturated heterocycles. The number of ether oxygens (including phenoxy) is 2. The average Bonchev–Trinajstić information content (AvgIpc) is 2.86. The molecule has 1 aromatic carbocycles. The van der Waals surface area contributed by atoms with E-state index in [0.29, 0.717) is 22.6 Å². The first-order valence-electron chi connectivity index (χ1n) is 8.76. The summed E-state index contributed by atoms with van der Waals surface area (Å²) >= 11 is 5.95. The molecule has 0 aromatic heterocycles. The van der Waals surface area contributed by atoms with Crippen LogP contribution in [0.3, 0.4) is 0 Å². The van der Waals surface area contributed by atoms with Crippen LogP contribution >= 0.6 is 11.6 Å². The number of rotatable bonds is 4. The van der Waals surface area contributed by atoms with Crippen molar-refractivity contribution in [3.05, 3.63) is 40.9 Å². The zero-order valence-electron chi connectivity index (χ0n) is 14.4. The van der Waals surface area contributed by atoms with Gasteiger partial charge in [-0.1, -0.05) is 36.6 Å². The van der Waals surface area contributed by atoms with Crippen molar-refractivity contribution in [2.45, 2.75) is 58.2 Å². The fraction of sp³-hybridized carbons (Fsp3) is 0.550. The Morgan fingerprint density at radius 3 is 2.83 bits per heavy atom. The Bertz CT molecular complexity index is 640. The first-order valence-corrected chi connectivity index (χ1v) is 9.14. The molecule has 0 spiro atoms. The summed E-state index contributed by atoms with van der Waals surface area (Å²) in [5.74, 6) is 1.34. The average molecular weight is 349 g/mol. The van der Waals surface area contributed by atoms with Gasteiger partial charge in [0.15, 0.2) is 6.10 Å². The van der Waals surface area contributed by atoms with Crippen LogP contribution in [0.1, 0.15) is 44.6 Å². The smallest absolute Gasteiger partial charge is 0.347 e. The van der Waals surface area contributed by atoms with Gasteiger partial charge in [-0.05, 0) is 56.4 Å². The highest BCUT2D eigenvalue weighted by Gasteiger charge is 2.42. The van der Waals surface area contributed by atoms with Gasteiger partial charge in [-0.2, -0.15) is 0 Å². The van der Waals surface area contributed by atoms with Gasteiger partial charge >= 0.3 is 5.97 Å². The topological polar surface area (TPSA) is 35.5 Å². The molecule has 2 saturated carbocycles. The van der Waals surface area contributed by atoms with E-state index in [1.165, 1.54) is 24.8 Å². The van der Waals surface area contributed by atoms with Gasteiger partial charge in [-0.15, -0.1) is 0 Å². The van der Waals surface area contributed by atoms with Crippen molar-refractivity contribution in [2.75, 3.05) is 0 Å². The van der Waals surface area contributed by atoms with E-state index in [9.17, 15) is 4.79 Å². The zero-order valence-corrected chi connectivity index (χ0v) is 15.1. The molecule has 3 nitrogen and oxygen atoms in total. The summed E-state index contributed by atoms with van der Waals surface area (Å²) in [6.07, 6.45) is 4.93. The lowest BCUT2D eigenvalue weighted by atomic mass is 9.80. The van der Waals surface area contributed by atoms with E-state index in [1.54, 1.807) is 19.1 Å². The van der Waals surface area contributed by atoms with Crippen LogP contribution in [0.4, 0.5) is 0 Å². The fourth-order valence-electron chi connectivity index (χ4n) is 4.03. The van der Waals surface area contributed by atoms with Crippen molar-refractivity contribution < 1.29 is 14.3 Å². The van der Waals surface area contributed by atoms with Gasteiger partial charge < -0.3 is 9.47 Å². The first kappa shape index (κ1) is 17.3. The van der Waals surface area contributed by atoms with Crippen LogP contribution in [0, 0.1) is 18.8 Å². The van der Waals surface area contributed by atoms with Crippen molar-refractivity contribution in [2.24, 2.45) is 11.8 Å². The number of hydrogen-bond donors (Lipinski definition) is 0. The second kappa shape index (κ2) is 7.18. The molecule has 0 radical (unpaired) electrons. The normalized spacial score (nSPS) is 27.5. The molecular weight excluding hydrogens is 324 g/mol. The molecular formula is C20H25ClO3. The minimum atomic E-state index is -0.638. The first-order chi connectivity index (χ1) is 11.5. The summed E-state index contributed by atoms with van der Waals surface area (Å²) in [6, 6.07) is 5.37. The van der Waals surface area contributed by atoms with Gasteiger partial charge in [0.1, 0.15) is 11.9 Å². The van der Waals surface area contributed by atoms with Crippen LogP contribution in [0.15, 0.2) is 30.4 Å². The van der Waals surface area contributed by atoms with Gasteiger partial charge in [0.05, 0.1) is 0 Å². The van der Waals surface area contributed by atoms with Gasteiger partial charge in [0.25, 0.3) is 0 Å². The Morgan fingerprint density at radius 1 is 1.33 bits per heavy atom. The molecule has 2 aliphatic carbocycles. The molecule has 1 aromatic rings. The SMILES string of the molecule is C=C1C[C@H](OC(=O)[C@@H](C)Oc2ccc(Cl)cc2C)[C@H]2CCCC[C@@H]12. The molecule has 4 atom stereocenters. The van der Waals surface area contributed by atoms with Crippen molar-refractivity contribution >= 4 is 17.6 Å². The second-order valence-corrected chi connectivity index (χ2v) is 7.50. The van der Waals surface area contributed by atoms with Crippen molar-refractivity contribution in [1.29, 1.82) is 0 Å². The molecule has 0 bridgehead atoms. The Balaban J connectivity index is 1.61. The zero-order chi connectivity index (χ0) is 17.3. The summed E-state index contributed by atoms with van der Waals surface area (Å²) in [5, 5.41) is 0.655. The molecule has 4 heteroatoms. The lowest BCUT2D eigenvalue weighted by Gasteiger charge is -2.29. The van der Waals surface area contributed by atoms with Gasteiger partial charge in [-0.25, -0.2) is 4.79 Å². The fourth-order valence-corrected chi connectivity index (χ4v) is 4.26. The van der Waals surface area contributed by atoms with E-state index in [4.69, 9.17) is 21.1 Å². The summed E-state index contributed by atoms with van der Waals surface area (Å²) in [7, 11) is 0. The van der Waals surface area contributed by atoms with Crippen LogP contribution < -0.4 is 4.74 Å². The van der Waals surface area contributed by atoms with Crippen molar-refractivity contribution in [3.8, 4) is 5.75 Å². The number of fused-ring (bicyclic) bond motifs is 1. The monoisotopic (exact) mass is 348 g/mol. The largest absolute Gasteiger partial charge is 0.479 e. The van der Waals surface area contributed by atoms with E-state index in [-0.39, 0.29) is 12.1 Å². The third-order valence-electron chi connectivity index (χ3n) is 5.32. The van der Waals surface area contributed by atoms with E-state index < -0.39 is 6.10 Å². The highest BCUT2D eigenvalue weighted by atomic mass is 35.5. The van der Waals surface area contributed by atoms with Crippen LogP contribution in [0.25, 0.3) is 0 Å². The molecule has 24 heavy (non-hydrogen) atoms. The summed E-state index contributed by atoms with van der Waals surface area (Å²) in [4.78, 5) is 12.5. The lowest BCUT2D eigenvalue weighted by molar-refractivity contribution is -0.159. The van der Waals surface area contributed by atoms with E-state index >= 15 is 0 Å². The van der Waals surface area contributed by atoms with Crippen LogP contribution in [-0.4, -0.2) is 18.2 Å². The van der Waals surface area contributed by atoms with Gasteiger partial charge in [0, 0.05) is 17.4 Å². The summed E-state index contributed by atoms with van der Waals surface area (Å²) in [5.41, 5.74) is 2.16. The van der Waals surface area contributed by atoms with E-state index in [2.05, 4.69) is 6.58 Å². The molecule has 0 aliphatic heterocycles. The van der Waals surface area contributed by atoms with E-state index in [1.807, 2.05) is 13.0 Å². The summed E-state index contributed by atoms with van der Waals surface area (Å²) in [6.45, 7) is 7.84. The third-order valence-corrected chi connectivity index (χ3v) is 5.56. The molecule has 2 fully saturated rings. The number of esters is 1. The second-order valence-electron chi connectivity index (χ2n) is 7.06. The number of benzene rings is 1. The number of hydrogen-bond acceptors (Lipinski definition) is 3. The Hall–Kier alpha value is -1.48. The molecule has 0 unspecified atom stereocenters.